The van der Waals surface area contributed by atoms with Crippen LogP contribution in [0.25, 0.3) is 5.57 Å². The number of rotatable bonds is 2. The van der Waals surface area contributed by atoms with Gasteiger partial charge < -0.3 is 10.2 Å². The molecule has 3 aliphatic rings. The predicted molar refractivity (Wildman–Crippen MR) is 103 cm³/mol. The summed E-state index contributed by atoms with van der Waals surface area (Å²) in [7, 11) is 0. The number of allylic oxidation sites excluding steroid dienone is 1. The fourth-order valence-corrected chi connectivity index (χ4v) is 4.73. The molecular weight excluding hydrogens is 332 g/mol. The Bertz CT molecular complexity index is 695. The van der Waals surface area contributed by atoms with E-state index in [9.17, 15) is 4.79 Å². The third-order valence-corrected chi connectivity index (χ3v) is 6.28. The quantitative estimate of drug-likeness (QED) is 0.856. The van der Waals surface area contributed by atoms with Crippen LogP contribution >= 0.6 is 11.6 Å². The highest BCUT2D eigenvalue weighted by Crippen LogP contribution is 2.43. The number of carbonyl (C=O) groups is 1. The van der Waals surface area contributed by atoms with Gasteiger partial charge in [-0.15, -0.1) is 0 Å². The van der Waals surface area contributed by atoms with Gasteiger partial charge in [0.05, 0.1) is 0 Å². The lowest BCUT2D eigenvalue weighted by Gasteiger charge is -2.37. The van der Waals surface area contributed by atoms with Crippen molar-refractivity contribution in [2.45, 2.75) is 58.0 Å². The van der Waals surface area contributed by atoms with Gasteiger partial charge in [-0.25, -0.2) is 0 Å². The molecule has 1 aromatic carbocycles. The number of piperazine rings is 1. The first kappa shape index (κ1) is 17.1. The number of benzene rings is 1. The van der Waals surface area contributed by atoms with E-state index in [1.807, 2.05) is 12.1 Å². The Hall–Kier alpha value is -1.32. The van der Waals surface area contributed by atoms with Gasteiger partial charge in [0, 0.05) is 35.8 Å². The Kier molecular flexibility index (Phi) is 4.41. The first-order chi connectivity index (χ1) is 11.9. The molecule has 0 aromatic heterocycles. The van der Waals surface area contributed by atoms with Crippen LogP contribution in [0.2, 0.25) is 5.02 Å². The molecule has 2 fully saturated rings. The first-order valence-corrected chi connectivity index (χ1v) is 9.82. The summed E-state index contributed by atoms with van der Waals surface area (Å²) in [4.78, 5) is 15.4. The molecule has 134 valence electrons. The Balaban J connectivity index is 1.67. The number of amides is 1. The summed E-state index contributed by atoms with van der Waals surface area (Å²) in [6, 6.07) is 8.96. The van der Waals surface area contributed by atoms with Crippen molar-refractivity contribution in [3.8, 4) is 0 Å². The second-order valence-corrected chi connectivity index (χ2v) is 9.09. The van der Waals surface area contributed by atoms with Crippen LogP contribution in [-0.2, 0) is 4.79 Å². The third-order valence-electron chi connectivity index (χ3n) is 6.03. The minimum absolute atomic E-state index is 0.237. The standard InChI is InChI=1S/C21H27ClN2O/c1-21(2)10-9-18(19(11-21)14-3-5-15(22)6-4-14)20(25)24-12-16-7-8-17(13-24)23-16/h3-6,16-17,23H,7-13H2,1-2H3. The first-order valence-electron chi connectivity index (χ1n) is 9.45. The largest absolute Gasteiger partial charge is 0.336 e. The highest BCUT2D eigenvalue weighted by Gasteiger charge is 2.37. The van der Waals surface area contributed by atoms with Crippen molar-refractivity contribution in [2.75, 3.05) is 13.1 Å². The molecule has 2 bridgehead atoms. The summed E-state index contributed by atoms with van der Waals surface area (Å²) in [5, 5.41) is 4.36. The normalized spacial score (nSPS) is 28.4. The Morgan fingerprint density at radius 3 is 2.44 bits per heavy atom. The van der Waals surface area contributed by atoms with Crippen LogP contribution in [0, 0.1) is 5.41 Å². The van der Waals surface area contributed by atoms with Crippen LogP contribution in [0.1, 0.15) is 51.5 Å². The van der Waals surface area contributed by atoms with E-state index in [4.69, 9.17) is 11.6 Å². The van der Waals surface area contributed by atoms with Gasteiger partial charge in [0.15, 0.2) is 0 Å². The van der Waals surface area contributed by atoms with Crippen molar-refractivity contribution in [3.05, 3.63) is 40.4 Å². The van der Waals surface area contributed by atoms with Gasteiger partial charge >= 0.3 is 0 Å². The van der Waals surface area contributed by atoms with Gasteiger partial charge in [0.25, 0.3) is 0 Å². The van der Waals surface area contributed by atoms with Crippen LogP contribution < -0.4 is 5.32 Å². The van der Waals surface area contributed by atoms with Gasteiger partial charge in [-0.3, -0.25) is 4.79 Å². The zero-order valence-corrected chi connectivity index (χ0v) is 15.9. The second kappa shape index (κ2) is 6.44. The van der Waals surface area contributed by atoms with Gasteiger partial charge in [0.1, 0.15) is 0 Å². The second-order valence-electron chi connectivity index (χ2n) is 8.65. The van der Waals surface area contributed by atoms with Crippen LogP contribution in [0.4, 0.5) is 0 Å². The number of likely N-dealkylation sites (tertiary alicyclic amines) is 1. The Labute approximate surface area is 155 Å². The molecular formula is C21H27ClN2O. The van der Waals surface area contributed by atoms with Gasteiger partial charge in [-0.2, -0.15) is 0 Å². The van der Waals surface area contributed by atoms with E-state index in [1.165, 1.54) is 18.4 Å². The van der Waals surface area contributed by atoms with Crippen molar-refractivity contribution < 1.29 is 4.79 Å². The van der Waals surface area contributed by atoms with Crippen LogP contribution in [0.3, 0.4) is 0 Å². The predicted octanol–water partition coefficient (Wildman–Crippen LogP) is 4.27. The van der Waals surface area contributed by atoms with E-state index in [-0.39, 0.29) is 11.3 Å². The van der Waals surface area contributed by atoms with Crippen molar-refractivity contribution in [1.82, 2.24) is 10.2 Å². The molecule has 2 heterocycles. The Morgan fingerprint density at radius 1 is 1.16 bits per heavy atom. The van der Waals surface area contributed by atoms with Gasteiger partial charge in [0.2, 0.25) is 5.91 Å². The molecule has 1 aliphatic carbocycles. The maximum atomic E-state index is 13.3. The van der Waals surface area contributed by atoms with E-state index in [2.05, 4.69) is 36.2 Å². The lowest BCUT2D eigenvalue weighted by molar-refractivity contribution is -0.128. The number of hydrogen-bond donors (Lipinski definition) is 1. The summed E-state index contributed by atoms with van der Waals surface area (Å²) in [6.45, 7) is 6.32. The molecule has 0 spiro atoms. The third kappa shape index (κ3) is 3.50. The molecule has 1 aromatic rings. The van der Waals surface area contributed by atoms with E-state index < -0.39 is 0 Å². The molecule has 4 heteroatoms. The summed E-state index contributed by atoms with van der Waals surface area (Å²) in [5.41, 5.74) is 3.65. The fraction of sp³-hybridized carbons (Fsp3) is 0.571. The van der Waals surface area contributed by atoms with Crippen molar-refractivity contribution in [2.24, 2.45) is 5.41 Å². The van der Waals surface area contributed by atoms with Crippen LogP contribution in [0.15, 0.2) is 29.8 Å². The zero-order valence-electron chi connectivity index (χ0n) is 15.1. The number of carbonyl (C=O) groups excluding carboxylic acids is 1. The molecule has 25 heavy (non-hydrogen) atoms. The highest BCUT2D eigenvalue weighted by atomic mass is 35.5. The molecule has 2 unspecified atom stereocenters. The van der Waals surface area contributed by atoms with Crippen LogP contribution in [-0.4, -0.2) is 36.0 Å². The molecule has 3 nitrogen and oxygen atoms in total. The number of nitrogens with one attached hydrogen (secondary N) is 1. The minimum Gasteiger partial charge on any atom is -0.336 e. The summed E-state index contributed by atoms with van der Waals surface area (Å²) >= 11 is 6.07. The molecule has 2 saturated heterocycles. The lowest BCUT2D eigenvalue weighted by atomic mass is 9.72. The number of halogens is 1. The number of hydrogen-bond acceptors (Lipinski definition) is 2. The molecule has 0 saturated carbocycles. The van der Waals surface area contributed by atoms with Crippen molar-refractivity contribution in [3.63, 3.8) is 0 Å². The number of nitrogens with zero attached hydrogens (tertiary/aromatic N) is 1. The fourth-order valence-electron chi connectivity index (χ4n) is 4.60. The van der Waals surface area contributed by atoms with Crippen molar-refractivity contribution >= 4 is 23.1 Å². The van der Waals surface area contributed by atoms with E-state index in [0.717, 1.165) is 48.5 Å². The van der Waals surface area contributed by atoms with Gasteiger partial charge in [-0.1, -0.05) is 37.6 Å². The summed E-state index contributed by atoms with van der Waals surface area (Å²) in [6.07, 6.45) is 5.30. The lowest BCUT2D eigenvalue weighted by Crippen LogP contribution is -2.53. The molecule has 2 atom stereocenters. The van der Waals surface area contributed by atoms with Crippen molar-refractivity contribution in [1.29, 1.82) is 0 Å². The maximum Gasteiger partial charge on any atom is 0.250 e. The smallest absolute Gasteiger partial charge is 0.250 e. The summed E-state index contributed by atoms with van der Waals surface area (Å²) < 4.78 is 0. The van der Waals surface area contributed by atoms with E-state index in [1.54, 1.807) is 0 Å². The SMILES string of the molecule is CC1(C)CCC(C(=O)N2CC3CCC(C2)N3)=C(c2ccc(Cl)cc2)C1. The van der Waals surface area contributed by atoms with E-state index >= 15 is 0 Å². The monoisotopic (exact) mass is 358 g/mol. The molecule has 0 radical (unpaired) electrons. The average molecular weight is 359 g/mol. The Morgan fingerprint density at radius 2 is 1.80 bits per heavy atom. The highest BCUT2D eigenvalue weighted by molar-refractivity contribution is 6.30. The molecule has 1 amide bonds. The molecule has 4 rings (SSSR count). The maximum absolute atomic E-state index is 13.3. The topological polar surface area (TPSA) is 32.3 Å². The van der Waals surface area contributed by atoms with Crippen LogP contribution in [0.5, 0.6) is 0 Å². The minimum atomic E-state index is 0.237. The zero-order chi connectivity index (χ0) is 17.6. The average Bonchev–Trinajstić information content (AvgIpc) is 2.92. The van der Waals surface area contributed by atoms with E-state index in [0.29, 0.717) is 12.1 Å². The molecule has 2 aliphatic heterocycles. The summed E-state index contributed by atoms with van der Waals surface area (Å²) in [5.74, 6) is 0.263. The van der Waals surface area contributed by atoms with Gasteiger partial charge in [-0.05, 0) is 60.8 Å². The molecule has 1 N–H and O–H groups in total. The number of fused-ring (bicyclic) bond motifs is 2.